The molecular formula is C52H72N4O9. The standard InChI is InChI=1S/C27H38N2O5.C22H30N2O4.C3H4/c1-6-15-33-17-27(31)23-26(20-10-9-19(32-5)16-21(20)28(23)4)12-14-29-13-8-11-25(7-2,22(26)29)24(27)34-18(3)30;1-4-20-8-5-10-24-11-9-21(17(20)24)15-7-6-14(28-3)12-16(15)23(2)18(21)22(27,13-25)19(20)26;1-3-2/h8-11,16,22-24,31H,6-7,12-15,17H2,1-5H3;5-8,12,17-19,25-27H,4,9-11,13H2,1-3H3;1H,2H3/t22-,23+,24+,25+,26+,27-;17-,18+,19+,20+,21+,22-;/m00./s1. The summed E-state index contributed by atoms with van der Waals surface area (Å²) in [6.45, 7) is 13.1. The Labute approximate surface area is 386 Å². The Hall–Kier alpha value is -4.13. The molecule has 354 valence electrons. The molecule has 65 heavy (non-hydrogen) atoms. The number of ether oxygens (including phenoxy) is 4. The lowest BCUT2D eigenvalue weighted by Crippen LogP contribution is -2.80. The van der Waals surface area contributed by atoms with Crippen LogP contribution in [0.25, 0.3) is 0 Å². The van der Waals surface area contributed by atoms with Gasteiger partial charge in [0.05, 0.1) is 45.6 Å². The minimum absolute atomic E-state index is 0.0823. The van der Waals surface area contributed by atoms with Crippen molar-refractivity contribution < 1.29 is 44.2 Å². The fourth-order valence-electron chi connectivity index (χ4n) is 15.3. The molecule has 0 unspecified atom stereocenters. The van der Waals surface area contributed by atoms with E-state index in [-0.39, 0.29) is 41.5 Å². The minimum Gasteiger partial charge on any atom is -0.497 e. The van der Waals surface area contributed by atoms with Crippen LogP contribution in [0.5, 0.6) is 11.5 Å². The molecule has 4 fully saturated rings. The third kappa shape index (κ3) is 6.27. The summed E-state index contributed by atoms with van der Waals surface area (Å²) in [5, 5.41) is 46.5. The van der Waals surface area contributed by atoms with Gasteiger partial charge in [-0.1, -0.05) is 57.2 Å². The van der Waals surface area contributed by atoms with Gasteiger partial charge in [0.15, 0.2) is 0 Å². The Bertz CT molecular complexity index is 2230. The number of carbonyl (C=O) groups is 1. The lowest BCUT2D eigenvalue weighted by atomic mass is 9.48. The smallest absolute Gasteiger partial charge is 0.303 e. The Morgan fingerprint density at radius 3 is 1.72 bits per heavy atom. The monoisotopic (exact) mass is 897 g/mol. The van der Waals surface area contributed by atoms with Gasteiger partial charge in [-0.3, -0.25) is 14.6 Å². The first-order chi connectivity index (χ1) is 31.1. The molecule has 0 amide bonds. The number of likely N-dealkylation sites (N-methyl/N-ethyl adjacent to an activating group) is 2. The van der Waals surface area contributed by atoms with E-state index < -0.39 is 46.9 Å². The molecule has 2 saturated carbocycles. The lowest BCUT2D eigenvalue weighted by Gasteiger charge is -2.64. The number of fused-ring (bicyclic) bond motifs is 2. The molecule has 0 aromatic heterocycles. The van der Waals surface area contributed by atoms with Crippen LogP contribution in [0.2, 0.25) is 0 Å². The zero-order chi connectivity index (χ0) is 46.9. The first kappa shape index (κ1) is 47.4. The molecule has 2 aromatic carbocycles. The average Bonchev–Trinajstić information content (AvgIpc) is 4.04. The second-order valence-corrected chi connectivity index (χ2v) is 19.8. The normalized spacial score (nSPS) is 38.7. The van der Waals surface area contributed by atoms with Crippen molar-refractivity contribution in [1.82, 2.24) is 9.80 Å². The lowest BCUT2D eigenvalue weighted by molar-refractivity contribution is -0.233. The van der Waals surface area contributed by atoms with Crippen molar-refractivity contribution in [2.24, 2.45) is 10.8 Å². The van der Waals surface area contributed by atoms with Crippen LogP contribution in [0.1, 0.15) is 77.8 Å². The van der Waals surface area contributed by atoms with E-state index in [1.165, 1.54) is 18.1 Å². The summed E-state index contributed by atoms with van der Waals surface area (Å²) in [6, 6.07) is 11.9. The third-order valence-corrected chi connectivity index (χ3v) is 17.1. The first-order valence-corrected chi connectivity index (χ1v) is 23.6. The van der Waals surface area contributed by atoms with Gasteiger partial charge >= 0.3 is 5.97 Å². The number of nitrogens with zero attached hydrogens (tertiary/aromatic N) is 4. The van der Waals surface area contributed by atoms with Gasteiger partial charge in [0.2, 0.25) is 0 Å². The Morgan fingerprint density at radius 2 is 1.28 bits per heavy atom. The van der Waals surface area contributed by atoms with Crippen LogP contribution >= 0.6 is 0 Å². The predicted molar refractivity (Wildman–Crippen MR) is 252 cm³/mol. The number of esters is 1. The number of anilines is 2. The summed E-state index contributed by atoms with van der Waals surface area (Å²) in [5.74, 6) is 3.44. The molecule has 8 aliphatic rings. The summed E-state index contributed by atoms with van der Waals surface area (Å²) >= 11 is 0. The molecule has 2 spiro atoms. The highest BCUT2D eigenvalue weighted by Gasteiger charge is 2.79. The van der Waals surface area contributed by atoms with Gasteiger partial charge in [0.1, 0.15) is 28.8 Å². The second-order valence-electron chi connectivity index (χ2n) is 19.8. The molecule has 2 aromatic rings. The van der Waals surface area contributed by atoms with Gasteiger partial charge in [0, 0.05) is 98.0 Å². The molecule has 4 N–H and O–H groups in total. The molecule has 6 aliphatic heterocycles. The quantitative estimate of drug-likeness (QED) is 0.116. The van der Waals surface area contributed by atoms with Crippen LogP contribution in [0.4, 0.5) is 11.4 Å². The Morgan fingerprint density at radius 1 is 0.800 bits per heavy atom. The van der Waals surface area contributed by atoms with Gasteiger partial charge in [-0.05, 0) is 75.4 Å². The zero-order valence-electron chi connectivity index (χ0n) is 39.9. The number of hydrogen-bond acceptors (Lipinski definition) is 13. The van der Waals surface area contributed by atoms with Crippen LogP contribution in [0, 0.1) is 23.2 Å². The highest BCUT2D eigenvalue weighted by atomic mass is 16.6. The van der Waals surface area contributed by atoms with E-state index in [4.69, 9.17) is 18.9 Å². The van der Waals surface area contributed by atoms with Gasteiger partial charge in [-0.15, -0.1) is 12.3 Å². The summed E-state index contributed by atoms with van der Waals surface area (Å²) in [7, 11) is 7.35. The molecule has 0 radical (unpaired) electrons. The van der Waals surface area contributed by atoms with Gasteiger partial charge in [0.25, 0.3) is 0 Å². The van der Waals surface area contributed by atoms with Crippen LogP contribution in [0.15, 0.2) is 60.7 Å². The van der Waals surface area contributed by atoms with E-state index in [9.17, 15) is 25.2 Å². The van der Waals surface area contributed by atoms with Crippen LogP contribution in [-0.2, 0) is 25.1 Å². The molecule has 2 aliphatic carbocycles. The van der Waals surface area contributed by atoms with E-state index in [0.29, 0.717) is 13.0 Å². The zero-order valence-corrected chi connectivity index (χ0v) is 39.9. The fourth-order valence-corrected chi connectivity index (χ4v) is 15.3. The van der Waals surface area contributed by atoms with Crippen LogP contribution in [-0.4, -0.2) is 158 Å². The van der Waals surface area contributed by atoms with E-state index in [1.54, 1.807) is 21.1 Å². The second kappa shape index (κ2) is 17.2. The van der Waals surface area contributed by atoms with Crippen molar-refractivity contribution in [2.75, 3.05) is 84.1 Å². The molecular weight excluding hydrogens is 825 g/mol. The third-order valence-electron chi connectivity index (χ3n) is 17.1. The maximum Gasteiger partial charge on any atom is 0.303 e. The maximum atomic E-state index is 12.8. The Balaban J connectivity index is 0.000000170. The molecule has 0 bridgehead atoms. The highest BCUT2D eigenvalue weighted by Crippen LogP contribution is 2.68. The number of carbonyl (C=O) groups excluding carboxylic acids is 1. The van der Waals surface area contributed by atoms with E-state index >= 15 is 0 Å². The number of rotatable bonds is 10. The summed E-state index contributed by atoms with van der Waals surface area (Å²) in [5.41, 5.74) is -0.274. The number of methoxy groups -OCH3 is 2. The van der Waals surface area contributed by atoms with Gasteiger partial charge in [-0.2, -0.15) is 0 Å². The SMILES string of the molecule is C#CC.CCCOC[C@@]1(O)[C@H](OC(C)=O)[C@]2(CC)C=CCN3CC[C@@]4(c5ccc(OC)cc5N(C)[C@@H]14)[C@@H]32.CC[C@]12C=CCN3CC[C@@]4(c5ccc(OC)cc5N(C)[C@H]4[C@@](O)(CO)[C@@H]1O)[C@@H]32. The molecule has 13 heteroatoms. The van der Waals surface area contributed by atoms with Crippen LogP contribution in [0.3, 0.4) is 0 Å². The highest BCUT2D eigenvalue weighted by molar-refractivity contribution is 5.72. The molecule has 13 nitrogen and oxygen atoms in total. The van der Waals surface area contributed by atoms with Crippen molar-refractivity contribution in [3.05, 3.63) is 71.8 Å². The van der Waals surface area contributed by atoms with Gasteiger partial charge < -0.3 is 49.2 Å². The van der Waals surface area contributed by atoms with E-state index in [2.05, 4.69) is 95.2 Å². The average molecular weight is 897 g/mol. The topological polar surface area (TPSA) is 148 Å². The van der Waals surface area contributed by atoms with Crippen LogP contribution < -0.4 is 19.3 Å². The Kier molecular flexibility index (Phi) is 12.5. The number of aliphatic hydroxyl groups is 4. The number of benzene rings is 2. The van der Waals surface area contributed by atoms with Crippen molar-refractivity contribution in [3.8, 4) is 23.8 Å². The van der Waals surface area contributed by atoms with Crippen molar-refractivity contribution in [2.45, 2.75) is 125 Å². The summed E-state index contributed by atoms with van der Waals surface area (Å²) < 4.78 is 23.2. The summed E-state index contributed by atoms with van der Waals surface area (Å²) in [4.78, 5) is 21.7. The van der Waals surface area contributed by atoms with E-state index in [1.807, 2.05) is 32.3 Å². The predicted octanol–water partition coefficient (Wildman–Crippen LogP) is 4.42. The van der Waals surface area contributed by atoms with E-state index in [0.717, 1.165) is 74.7 Å². The van der Waals surface area contributed by atoms with Gasteiger partial charge in [-0.25, -0.2) is 0 Å². The molecule has 10 rings (SSSR count). The first-order valence-electron chi connectivity index (χ1n) is 23.6. The number of aliphatic hydroxyl groups excluding tert-OH is 2. The largest absolute Gasteiger partial charge is 0.497 e. The molecule has 12 atom stereocenters. The molecule has 6 heterocycles. The minimum atomic E-state index is -1.62. The van der Waals surface area contributed by atoms with Crippen molar-refractivity contribution >= 4 is 17.3 Å². The maximum absolute atomic E-state index is 12.8. The number of hydrogen-bond donors (Lipinski definition) is 4. The fraction of sp³-hybridized carbons (Fsp3) is 0.635. The summed E-state index contributed by atoms with van der Waals surface area (Å²) in [6.07, 6.45) is 15.6. The van der Waals surface area contributed by atoms with Crippen molar-refractivity contribution in [3.63, 3.8) is 0 Å². The molecule has 2 saturated heterocycles. The van der Waals surface area contributed by atoms with Crippen molar-refractivity contribution in [1.29, 1.82) is 0 Å². The number of terminal acetylenes is 1.